The first-order valence-electron chi connectivity index (χ1n) is 4.80. The summed E-state index contributed by atoms with van der Waals surface area (Å²) in [5, 5.41) is 1.15. The standard InChI is InChI=1S/C11H11Cl2NO/c1-7(15)14-3-2-8-4-10(12)11(13)5-9(8)6-14/h4-5H,2-3,6H2,1H3. The van der Waals surface area contributed by atoms with Crippen molar-refractivity contribution >= 4 is 29.1 Å². The lowest BCUT2D eigenvalue weighted by molar-refractivity contribution is -0.129. The molecule has 1 heterocycles. The normalized spacial score (nSPS) is 15.0. The van der Waals surface area contributed by atoms with Gasteiger partial charge in [-0.05, 0) is 29.7 Å². The van der Waals surface area contributed by atoms with Gasteiger partial charge >= 0.3 is 0 Å². The summed E-state index contributed by atoms with van der Waals surface area (Å²) in [6, 6.07) is 3.75. The molecule has 0 fully saturated rings. The van der Waals surface area contributed by atoms with Gasteiger partial charge in [0.05, 0.1) is 10.0 Å². The lowest BCUT2D eigenvalue weighted by Gasteiger charge is -2.28. The van der Waals surface area contributed by atoms with Crippen molar-refractivity contribution in [2.75, 3.05) is 6.54 Å². The van der Waals surface area contributed by atoms with E-state index < -0.39 is 0 Å². The summed E-state index contributed by atoms with van der Waals surface area (Å²) in [4.78, 5) is 13.0. The molecule has 0 N–H and O–H groups in total. The summed E-state index contributed by atoms with van der Waals surface area (Å²) in [7, 11) is 0. The number of nitrogens with zero attached hydrogens (tertiary/aromatic N) is 1. The number of amides is 1. The van der Waals surface area contributed by atoms with Crippen molar-refractivity contribution in [2.45, 2.75) is 19.9 Å². The van der Waals surface area contributed by atoms with Crippen molar-refractivity contribution in [1.82, 2.24) is 4.90 Å². The van der Waals surface area contributed by atoms with E-state index >= 15 is 0 Å². The number of carbonyl (C=O) groups is 1. The third-order valence-electron chi connectivity index (χ3n) is 2.70. The number of halogens is 2. The van der Waals surface area contributed by atoms with Crippen LogP contribution in [0.15, 0.2) is 12.1 Å². The van der Waals surface area contributed by atoms with E-state index in [0.717, 1.165) is 18.5 Å². The van der Waals surface area contributed by atoms with Crippen LogP contribution in [0.5, 0.6) is 0 Å². The number of rotatable bonds is 0. The van der Waals surface area contributed by atoms with Crippen LogP contribution in [0.2, 0.25) is 10.0 Å². The SMILES string of the molecule is CC(=O)N1CCc2cc(Cl)c(Cl)cc2C1. The monoisotopic (exact) mass is 243 g/mol. The number of hydrogen-bond acceptors (Lipinski definition) is 1. The maximum absolute atomic E-state index is 11.2. The minimum absolute atomic E-state index is 0.103. The van der Waals surface area contributed by atoms with E-state index in [1.807, 2.05) is 17.0 Å². The lowest BCUT2D eigenvalue weighted by atomic mass is 10.00. The molecule has 0 saturated heterocycles. The highest BCUT2D eigenvalue weighted by Crippen LogP contribution is 2.29. The molecule has 0 aliphatic carbocycles. The molecular formula is C11H11Cl2NO. The molecule has 1 aliphatic rings. The Labute approximate surface area is 98.8 Å². The molecule has 0 bridgehead atoms. The molecule has 1 amide bonds. The zero-order valence-electron chi connectivity index (χ0n) is 8.39. The van der Waals surface area contributed by atoms with Crippen molar-refractivity contribution in [2.24, 2.45) is 0 Å². The molecule has 80 valence electrons. The van der Waals surface area contributed by atoms with Crippen molar-refractivity contribution in [3.8, 4) is 0 Å². The third-order valence-corrected chi connectivity index (χ3v) is 3.42. The van der Waals surface area contributed by atoms with Crippen LogP contribution in [0.3, 0.4) is 0 Å². The van der Waals surface area contributed by atoms with Crippen molar-refractivity contribution < 1.29 is 4.79 Å². The molecule has 4 heteroatoms. The minimum atomic E-state index is 0.103. The van der Waals surface area contributed by atoms with Gasteiger partial charge in [-0.1, -0.05) is 23.2 Å². The van der Waals surface area contributed by atoms with E-state index in [-0.39, 0.29) is 5.91 Å². The summed E-state index contributed by atoms with van der Waals surface area (Å²) < 4.78 is 0. The molecule has 15 heavy (non-hydrogen) atoms. The highest BCUT2D eigenvalue weighted by Gasteiger charge is 2.19. The fraction of sp³-hybridized carbons (Fsp3) is 0.364. The first-order valence-corrected chi connectivity index (χ1v) is 5.56. The average Bonchev–Trinajstić information content (AvgIpc) is 2.19. The second-order valence-electron chi connectivity index (χ2n) is 3.73. The zero-order valence-corrected chi connectivity index (χ0v) is 9.90. The maximum Gasteiger partial charge on any atom is 0.219 e. The molecule has 2 nitrogen and oxygen atoms in total. The van der Waals surface area contributed by atoms with Gasteiger partial charge in [-0.2, -0.15) is 0 Å². The fourth-order valence-electron chi connectivity index (χ4n) is 1.82. The molecule has 0 unspecified atom stereocenters. The maximum atomic E-state index is 11.2. The van der Waals surface area contributed by atoms with Gasteiger partial charge in [0.15, 0.2) is 0 Å². The molecule has 1 aliphatic heterocycles. The summed E-state index contributed by atoms with van der Waals surface area (Å²) in [5.74, 6) is 0.103. The Morgan fingerprint density at radius 1 is 1.27 bits per heavy atom. The van der Waals surface area contributed by atoms with Crippen LogP contribution in [0.4, 0.5) is 0 Å². The molecule has 0 spiro atoms. The van der Waals surface area contributed by atoms with Crippen LogP contribution in [-0.4, -0.2) is 17.4 Å². The van der Waals surface area contributed by atoms with E-state index in [9.17, 15) is 4.79 Å². The van der Waals surface area contributed by atoms with Crippen LogP contribution in [0.1, 0.15) is 18.1 Å². The van der Waals surface area contributed by atoms with Crippen LogP contribution in [-0.2, 0) is 17.8 Å². The van der Waals surface area contributed by atoms with Gasteiger partial charge in [-0.15, -0.1) is 0 Å². The first-order chi connectivity index (χ1) is 7.08. The molecule has 0 radical (unpaired) electrons. The minimum Gasteiger partial charge on any atom is -0.338 e. The first kappa shape index (κ1) is 10.8. The molecule has 0 aromatic heterocycles. The van der Waals surface area contributed by atoms with Crippen molar-refractivity contribution in [1.29, 1.82) is 0 Å². The third kappa shape index (κ3) is 2.11. The lowest BCUT2D eigenvalue weighted by Crippen LogP contribution is -2.34. The topological polar surface area (TPSA) is 20.3 Å². The van der Waals surface area contributed by atoms with Crippen LogP contribution in [0.25, 0.3) is 0 Å². The quantitative estimate of drug-likeness (QED) is 0.687. The number of benzene rings is 1. The van der Waals surface area contributed by atoms with Gasteiger partial charge in [0.1, 0.15) is 0 Å². The van der Waals surface area contributed by atoms with Gasteiger partial charge in [0.2, 0.25) is 5.91 Å². The Bertz CT molecular complexity index is 417. The second kappa shape index (κ2) is 4.03. The van der Waals surface area contributed by atoms with Crippen LogP contribution < -0.4 is 0 Å². The molecule has 0 atom stereocenters. The van der Waals surface area contributed by atoms with Gasteiger partial charge in [-0.3, -0.25) is 4.79 Å². The molecule has 1 aromatic rings. The average molecular weight is 244 g/mol. The Kier molecular flexibility index (Phi) is 2.89. The Hall–Kier alpha value is -0.730. The number of fused-ring (bicyclic) bond motifs is 1. The van der Waals surface area contributed by atoms with Gasteiger partial charge < -0.3 is 4.90 Å². The van der Waals surface area contributed by atoms with E-state index in [4.69, 9.17) is 23.2 Å². The summed E-state index contributed by atoms with van der Waals surface area (Å²) in [6.07, 6.45) is 0.853. The molecular weight excluding hydrogens is 233 g/mol. The zero-order chi connectivity index (χ0) is 11.0. The number of carbonyl (C=O) groups excluding carboxylic acids is 1. The summed E-state index contributed by atoms with van der Waals surface area (Å²) in [5.41, 5.74) is 2.30. The molecule has 0 saturated carbocycles. The van der Waals surface area contributed by atoms with E-state index in [1.54, 1.807) is 6.92 Å². The van der Waals surface area contributed by atoms with Crippen molar-refractivity contribution in [3.05, 3.63) is 33.3 Å². The molecule has 1 aromatic carbocycles. The largest absolute Gasteiger partial charge is 0.338 e. The van der Waals surface area contributed by atoms with Gasteiger partial charge in [0, 0.05) is 20.0 Å². The number of hydrogen-bond donors (Lipinski definition) is 0. The smallest absolute Gasteiger partial charge is 0.219 e. The van der Waals surface area contributed by atoms with E-state index in [2.05, 4.69) is 0 Å². The highest BCUT2D eigenvalue weighted by atomic mass is 35.5. The predicted octanol–water partition coefficient (Wildman–Crippen LogP) is 2.90. The van der Waals surface area contributed by atoms with E-state index in [0.29, 0.717) is 16.6 Å². The van der Waals surface area contributed by atoms with Crippen molar-refractivity contribution in [3.63, 3.8) is 0 Å². The van der Waals surface area contributed by atoms with E-state index in [1.165, 1.54) is 5.56 Å². The fourth-order valence-corrected chi connectivity index (χ4v) is 2.19. The molecule has 2 rings (SSSR count). The van der Waals surface area contributed by atoms with Gasteiger partial charge in [-0.25, -0.2) is 0 Å². The highest BCUT2D eigenvalue weighted by molar-refractivity contribution is 6.42. The Balaban J connectivity index is 2.34. The van der Waals surface area contributed by atoms with Crippen LogP contribution >= 0.6 is 23.2 Å². The van der Waals surface area contributed by atoms with Crippen LogP contribution in [0, 0.1) is 0 Å². The second-order valence-corrected chi connectivity index (χ2v) is 4.54. The van der Waals surface area contributed by atoms with Gasteiger partial charge in [0.25, 0.3) is 0 Å². The summed E-state index contributed by atoms with van der Waals surface area (Å²) in [6.45, 7) is 2.99. The predicted molar refractivity (Wildman–Crippen MR) is 61.3 cm³/mol. The Morgan fingerprint density at radius 3 is 2.47 bits per heavy atom. The summed E-state index contributed by atoms with van der Waals surface area (Å²) >= 11 is 11.9. The Morgan fingerprint density at radius 2 is 1.87 bits per heavy atom.